The molecule has 2 rings (SSSR count). The smallest absolute Gasteiger partial charge is 0.188 e. The van der Waals surface area contributed by atoms with E-state index in [1.54, 1.807) is 12.1 Å². The second-order valence-corrected chi connectivity index (χ2v) is 4.44. The summed E-state index contributed by atoms with van der Waals surface area (Å²) >= 11 is 0. The van der Waals surface area contributed by atoms with E-state index in [2.05, 4.69) is 0 Å². The van der Waals surface area contributed by atoms with Gasteiger partial charge >= 0.3 is 0 Å². The van der Waals surface area contributed by atoms with Crippen LogP contribution in [0.3, 0.4) is 0 Å². The van der Waals surface area contributed by atoms with Crippen LogP contribution in [-0.2, 0) is 4.74 Å². The maximum Gasteiger partial charge on any atom is 0.188 e. The highest BCUT2D eigenvalue weighted by Crippen LogP contribution is 2.23. The summed E-state index contributed by atoms with van der Waals surface area (Å²) in [5.41, 5.74) is 0.624. The Hall–Kier alpha value is -1.22. The first-order valence-electron chi connectivity index (χ1n) is 6.11. The Balaban J connectivity index is 1.84. The molecule has 2 atom stereocenters. The van der Waals surface area contributed by atoms with Crippen molar-refractivity contribution in [3.05, 3.63) is 35.9 Å². The lowest BCUT2D eigenvalue weighted by Gasteiger charge is -2.25. The molecule has 0 aromatic heterocycles. The number of rotatable bonds is 4. The van der Waals surface area contributed by atoms with Gasteiger partial charge in [-0.1, -0.05) is 43.2 Å². The normalized spacial score (nSPS) is 24.5. The minimum absolute atomic E-state index is 0.0188. The van der Waals surface area contributed by atoms with Crippen LogP contribution < -0.4 is 0 Å². The zero-order valence-corrected chi connectivity index (χ0v) is 9.77. The number of alkyl halides is 1. The Morgan fingerprint density at radius 2 is 1.94 bits per heavy atom. The molecule has 1 aromatic rings. The highest BCUT2D eigenvalue weighted by Gasteiger charge is 2.25. The number of ketones is 1. The predicted octanol–water partition coefficient (Wildman–Crippen LogP) is 3.17. The second-order valence-electron chi connectivity index (χ2n) is 4.44. The SMILES string of the molecule is O=C(COC1CCCCC1F)c1ccccc1. The molecule has 0 heterocycles. The van der Waals surface area contributed by atoms with Gasteiger partial charge in [0.25, 0.3) is 0 Å². The molecular weight excluding hydrogens is 219 g/mol. The lowest BCUT2D eigenvalue weighted by molar-refractivity contribution is -0.0174. The van der Waals surface area contributed by atoms with Gasteiger partial charge in [0.1, 0.15) is 12.8 Å². The summed E-state index contributed by atoms with van der Waals surface area (Å²) in [5.74, 6) is -0.0802. The molecule has 3 heteroatoms. The minimum atomic E-state index is -0.910. The quantitative estimate of drug-likeness (QED) is 0.750. The summed E-state index contributed by atoms with van der Waals surface area (Å²) in [6.07, 6.45) is 1.90. The average Bonchev–Trinajstić information content (AvgIpc) is 2.38. The largest absolute Gasteiger partial charge is 0.367 e. The molecule has 1 fully saturated rings. The van der Waals surface area contributed by atoms with Gasteiger partial charge in [-0.25, -0.2) is 4.39 Å². The Labute approximate surface area is 101 Å². The maximum atomic E-state index is 13.5. The van der Waals surface area contributed by atoms with E-state index in [-0.39, 0.29) is 12.4 Å². The zero-order valence-electron chi connectivity index (χ0n) is 9.77. The van der Waals surface area contributed by atoms with E-state index in [1.807, 2.05) is 18.2 Å². The number of benzene rings is 1. The highest BCUT2D eigenvalue weighted by atomic mass is 19.1. The van der Waals surface area contributed by atoms with Crippen molar-refractivity contribution < 1.29 is 13.9 Å². The highest BCUT2D eigenvalue weighted by molar-refractivity contribution is 5.97. The van der Waals surface area contributed by atoms with Crippen LogP contribution >= 0.6 is 0 Å². The van der Waals surface area contributed by atoms with E-state index in [0.29, 0.717) is 12.0 Å². The van der Waals surface area contributed by atoms with Crippen molar-refractivity contribution in [1.29, 1.82) is 0 Å². The average molecular weight is 236 g/mol. The van der Waals surface area contributed by atoms with Gasteiger partial charge in [-0.3, -0.25) is 4.79 Å². The third kappa shape index (κ3) is 3.37. The summed E-state index contributed by atoms with van der Waals surface area (Å²) in [7, 11) is 0. The number of carbonyl (C=O) groups excluding carboxylic acids is 1. The molecule has 17 heavy (non-hydrogen) atoms. The van der Waals surface area contributed by atoms with Crippen molar-refractivity contribution in [2.24, 2.45) is 0 Å². The van der Waals surface area contributed by atoms with Gasteiger partial charge < -0.3 is 4.74 Å². The van der Waals surface area contributed by atoms with E-state index in [0.717, 1.165) is 19.3 Å². The van der Waals surface area contributed by atoms with Crippen molar-refractivity contribution >= 4 is 5.78 Å². The summed E-state index contributed by atoms with van der Waals surface area (Å²) in [4.78, 5) is 11.7. The molecule has 0 bridgehead atoms. The van der Waals surface area contributed by atoms with Crippen molar-refractivity contribution in [3.8, 4) is 0 Å². The van der Waals surface area contributed by atoms with Gasteiger partial charge in [-0.05, 0) is 12.8 Å². The summed E-state index contributed by atoms with van der Waals surface area (Å²) in [5, 5.41) is 0. The molecule has 0 spiro atoms. The second kappa shape index (κ2) is 5.92. The molecule has 1 aliphatic rings. The van der Waals surface area contributed by atoms with Crippen LogP contribution in [-0.4, -0.2) is 24.7 Å². The fourth-order valence-corrected chi connectivity index (χ4v) is 2.13. The van der Waals surface area contributed by atoms with Gasteiger partial charge in [-0.15, -0.1) is 0 Å². The molecule has 1 aromatic carbocycles. The zero-order chi connectivity index (χ0) is 12.1. The maximum absolute atomic E-state index is 13.5. The first kappa shape index (κ1) is 12.2. The van der Waals surface area contributed by atoms with Gasteiger partial charge in [0.2, 0.25) is 0 Å². The Morgan fingerprint density at radius 1 is 1.24 bits per heavy atom. The monoisotopic (exact) mass is 236 g/mol. The van der Waals surface area contributed by atoms with Crippen LogP contribution in [0.4, 0.5) is 4.39 Å². The first-order chi connectivity index (χ1) is 8.27. The molecule has 0 aliphatic heterocycles. The molecule has 0 radical (unpaired) electrons. The molecule has 0 saturated heterocycles. The van der Waals surface area contributed by atoms with E-state index < -0.39 is 12.3 Å². The van der Waals surface area contributed by atoms with Gasteiger partial charge in [0, 0.05) is 5.56 Å². The van der Waals surface area contributed by atoms with Crippen molar-refractivity contribution in [2.45, 2.75) is 38.0 Å². The number of halogens is 1. The van der Waals surface area contributed by atoms with E-state index in [1.165, 1.54) is 0 Å². The van der Waals surface area contributed by atoms with E-state index >= 15 is 0 Å². The number of hydrogen-bond acceptors (Lipinski definition) is 2. The van der Waals surface area contributed by atoms with Gasteiger partial charge in [0.15, 0.2) is 5.78 Å². The van der Waals surface area contributed by atoms with Crippen molar-refractivity contribution in [1.82, 2.24) is 0 Å². The summed E-state index contributed by atoms with van der Waals surface area (Å²) < 4.78 is 18.9. The number of hydrogen-bond donors (Lipinski definition) is 0. The number of ether oxygens (including phenoxy) is 1. The lowest BCUT2D eigenvalue weighted by Crippen LogP contribution is -2.30. The Bertz CT molecular complexity index is 364. The molecule has 1 saturated carbocycles. The fourth-order valence-electron chi connectivity index (χ4n) is 2.13. The Kier molecular flexibility index (Phi) is 4.26. The molecular formula is C14H17FO2. The predicted molar refractivity (Wildman–Crippen MR) is 63.9 cm³/mol. The van der Waals surface area contributed by atoms with Gasteiger partial charge in [-0.2, -0.15) is 0 Å². The fraction of sp³-hybridized carbons (Fsp3) is 0.500. The first-order valence-corrected chi connectivity index (χ1v) is 6.11. The number of Topliss-reactive ketones (excluding diaryl/α,β-unsaturated/α-hetero) is 1. The molecule has 0 N–H and O–H groups in total. The third-order valence-electron chi connectivity index (χ3n) is 3.15. The molecule has 1 aliphatic carbocycles. The van der Waals surface area contributed by atoms with Crippen LogP contribution in [0.1, 0.15) is 36.0 Å². The summed E-state index contributed by atoms with van der Waals surface area (Å²) in [6, 6.07) is 8.98. The third-order valence-corrected chi connectivity index (χ3v) is 3.15. The molecule has 0 amide bonds. The standard InChI is InChI=1S/C14H17FO2/c15-12-8-4-5-9-14(12)17-10-13(16)11-6-2-1-3-7-11/h1-3,6-7,12,14H,4-5,8-10H2. The lowest BCUT2D eigenvalue weighted by atomic mass is 9.96. The summed E-state index contributed by atoms with van der Waals surface area (Å²) in [6.45, 7) is -0.0188. The topological polar surface area (TPSA) is 26.3 Å². The van der Waals surface area contributed by atoms with Crippen LogP contribution in [0.15, 0.2) is 30.3 Å². The van der Waals surface area contributed by atoms with Crippen molar-refractivity contribution in [3.63, 3.8) is 0 Å². The Morgan fingerprint density at radius 3 is 2.65 bits per heavy atom. The minimum Gasteiger partial charge on any atom is -0.367 e. The van der Waals surface area contributed by atoms with Crippen LogP contribution in [0.25, 0.3) is 0 Å². The molecule has 92 valence electrons. The van der Waals surface area contributed by atoms with Crippen LogP contribution in [0, 0.1) is 0 Å². The number of carbonyl (C=O) groups is 1. The van der Waals surface area contributed by atoms with E-state index in [9.17, 15) is 9.18 Å². The molecule has 2 unspecified atom stereocenters. The van der Waals surface area contributed by atoms with Crippen molar-refractivity contribution in [2.75, 3.05) is 6.61 Å². The van der Waals surface area contributed by atoms with Crippen LogP contribution in [0.2, 0.25) is 0 Å². The van der Waals surface area contributed by atoms with E-state index in [4.69, 9.17) is 4.74 Å². The van der Waals surface area contributed by atoms with Crippen LogP contribution in [0.5, 0.6) is 0 Å². The van der Waals surface area contributed by atoms with Gasteiger partial charge in [0.05, 0.1) is 6.10 Å². The molecule has 2 nitrogen and oxygen atoms in total.